The average Bonchev–Trinajstić information content (AvgIpc) is 2.50. The summed E-state index contributed by atoms with van der Waals surface area (Å²) >= 11 is 1.12. The van der Waals surface area contributed by atoms with Gasteiger partial charge in [0.2, 0.25) is 5.91 Å². The molecule has 1 amide bonds. The van der Waals surface area contributed by atoms with Gasteiger partial charge in [-0.25, -0.2) is 17.6 Å². The van der Waals surface area contributed by atoms with Crippen LogP contribution in [0.2, 0.25) is 0 Å². The summed E-state index contributed by atoms with van der Waals surface area (Å²) in [6, 6.07) is 7.18. The monoisotopic (exact) mass is 329 g/mol. The van der Waals surface area contributed by atoms with E-state index in [1.54, 1.807) is 6.92 Å². The van der Waals surface area contributed by atoms with Gasteiger partial charge in [-0.15, -0.1) is 11.8 Å². The summed E-state index contributed by atoms with van der Waals surface area (Å²) in [7, 11) is 0. The Hall–Kier alpha value is -2.02. The highest BCUT2D eigenvalue weighted by Crippen LogP contribution is 2.25. The van der Waals surface area contributed by atoms with Crippen LogP contribution in [0.25, 0.3) is 0 Å². The first-order valence-corrected chi connectivity index (χ1v) is 7.13. The van der Waals surface area contributed by atoms with Crippen LogP contribution in [0.1, 0.15) is 6.92 Å². The quantitative estimate of drug-likeness (QED) is 0.513. The normalized spacial score (nSPS) is 12.0. The van der Waals surface area contributed by atoms with E-state index in [1.807, 2.05) is 0 Å². The minimum absolute atomic E-state index is 0.398. The Bertz CT molecular complexity index is 691. The molecule has 2 aromatic rings. The third-order valence-corrected chi connectivity index (χ3v) is 3.90. The Morgan fingerprint density at radius 2 is 1.64 bits per heavy atom. The van der Waals surface area contributed by atoms with E-state index in [4.69, 9.17) is 0 Å². The SMILES string of the molecule is C[C@H](Sc1ccc(F)cc1)C(=O)Nc1ccc(F)c(F)c1F. The number of nitrogens with one attached hydrogen (secondary N) is 1. The second-order valence-corrected chi connectivity index (χ2v) is 5.84. The molecule has 0 radical (unpaired) electrons. The Balaban J connectivity index is 2.05. The zero-order valence-electron chi connectivity index (χ0n) is 11.4. The Morgan fingerprint density at radius 1 is 1.00 bits per heavy atom. The summed E-state index contributed by atoms with van der Waals surface area (Å²) in [6.45, 7) is 1.56. The molecule has 0 spiro atoms. The van der Waals surface area contributed by atoms with E-state index in [0.29, 0.717) is 4.90 Å². The molecule has 0 aromatic heterocycles. The molecule has 22 heavy (non-hydrogen) atoms. The molecule has 116 valence electrons. The van der Waals surface area contributed by atoms with Crippen molar-refractivity contribution in [3.8, 4) is 0 Å². The van der Waals surface area contributed by atoms with E-state index < -0.39 is 40.1 Å². The molecular weight excluding hydrogens is 318 g/mol. The van der Waals surface area contributed by atoms with Gasteiger partial charge in [0.1, 0.15) is 5.82 Å². The fourth-order valence-corrected chi connectivity index (χ4v) is 2.50. The Kier molecular flexibility index (Phi) is 5.07. The van der Waals surface area contributed by atoms with Crippen molar-refractivity contribution in [1.82, 2.24) is 0 Å². The third-order valence-electron chi connectivity index (χ3n) is 2.79. The fourth-order valence-electron chi connectivity index (χ4n) is 1.63. The van der Waals surface area contributed by atoms with Crippen molar-refractivity contribution in [1.29, 1.82) is 0 Å². The lowest BCUT2D eigenvalue weighted by Gasteiger charge is -2.13. The molecule has 0 aliphatic carbocycles. The van der Waals surface area contributed by atoms with E-state index in [0.717, 1.165) is 23.9 Å². The number of carbonyl (C=O) groups excluding carboxylic acids is 1. The highest BCUT2D eigenvalue weighted by atomic mass is 32.2. The minimum atomic E-state index is -1.64. The van der Waals surface area contributed by atoms with Crippen LogP contribution in [-0.2, 0) is 4.79 Å². The number of hydrogen-bond acceptors (Lipinski definition) is 2. The van der Waals surface area contributed by atoms with E-state index in [2.05, 4.69) is 5.32 Å². The molecule has 2 nitrogen and oxygen atoms in total. The van der Waals surface area contributed by atoms with Gasteiger partial charge in [0.25, 0.3) is 0 Å². The van der Waals surface area contributed by atoms with Gasteiger partial charge in [0, 0.05) is 4.90 Å². The number of thioether (sulfide) groups is 1. The van der Waals surface area contributed by atoms with Crippen LogP contribution in [0.15, 0.2) is 41.3 Å². The highest BCUT2D eigenvalue weighted by molar-refractivity contribution is 8.00. The fraction of sp³-hybridized carbons (Fsp3) is 0.133. The number of hydrogen-bond donors (Lipinski definition) is 1. The lowest BCUT2D eigenvalue weighted by molar-refractivity contribution is -0.115. The summed E-state index contributed by atoms with van der Waals surface area (Å²) in [4.78, 5) is 12.6. The molecule has 0 aliphatic heterocycles. The van der Waals surface area contributed by atoms with Crippen LogP contribution >= 0.6 is 11.8 Å². The van der Waals surface area contributed by atoms with E-state index in [9.17, 15) is 22.4 Å². The highest BCUT2D eigenvalue weighted by Gasteiger charge is 2.19. The first-order valence-electron chi connectivity index (χ1n) is 6.25. The second kappa shape index (κ2) is 6.83. The summed E-state index contributed by atoms with van der Waals surface area (Å²) in [6.07, 6.45) is 0. The lowest BCUT2D eigenvalue weighted by atomic mass is 10.2. The largest absolute Gasteiger partial charge is 0.323 e. The van der Waals surface area contributed by atoms with Gasteiger partial charge in [-0.05, 0) is 43.3 Å². The van der Waals surface area contributed by atoms with Crippen LogP contribution in [0.3, 0.4) is 0 Å². The lowest BCUT2D eigenvalue weighted by Crippen LogP contribution is -2.23. The first-order chi connectivity index (χ1) is 10.4. The van der Waals surface area contributed by atoms with Gasteiger partial charge in [-0.1, -0.05) is 0 Å². The number of amides is 1. The van der Waals surface area contributed by atoms with Gasteiger partial charge >= 0.3 is 0 Å². The number of benzene rings is 2. The van der Waals surface area contributed by atoms with Gasteiger partial charge in [-0.2, -0.15) is 0 Å². The molecule has 0 heterocycles. The molecular formula is C15H11F4NOS. The zero-order chi connectivity index (χ0) is 16.3. The maximum atomic E-state index is 13.5. The topological polar surface area (TPSA) is 29.1 Å². The number of rotatable bonds is 4. The van der Waals surface area contributed by atoms with E-state index >= 15 is 0 Å². The summed E-state index contributed by atoms with van der Waals surface area (Å²) in [5.41, 5.74) is -0.435. The van der Waals surface area contributed by atoms with Crippen LogP contribution in [0.5, 0.6) is 0 Å². The van der Waals surface area contributed by atoms with Crippen molar-refractivity contribution >= 4 is 23.4 Å². The van der Waals surface area contributed by atoms with Gasteiger partial charge in [-0.3, -0.25) is 4.79 Å². The molecule has 0 saturated carbocycles. The van der Waals surface area contributed by atoms with Crippen molar-refractivity contribution in [3.63, 3.8) is 0 Å². The van der Waals surface area contributed by atoms with Crippen LogP contribution in [0, 0.1) is 23.3 Å². The summed E-state index contributed by atoms with van der Waals surface area (Å²) in [5.74, 6) is -5.40. The standard InChI is InChI=1S/C15H11F4NOS/c1-8(22-10-4-2-9(16)3-5-10)15(21)20-12-7-6-11(17)13(18)14(12)19/h2-8H,1H3,(H,20,21)/t8-/m0/s1. The van der Waals surface area contributed by atoms with E-state index in [-0.39, 0.29) is 0 Å². The van der Waals surface area contributed by atoms with Crippen molar-refractivity contribution in [2.75, 3.05) is 5.32 Å². The van der Waals surface area contributed by atoms with Gasteiger partial charge < -0.3 is 5.32 Å². The minimum Gasteiger partial charge on any atom is -0.323 e. The molecule has 0 unspecified atom stereocenters. The van der Waals surface area contributed by atoms with Crippen molar-refractivity contribution in [2.24, 2.45) is 0 Å². The molecule has 1 atom stereocenters. The van der Waals surface area contributed by atoms with Gasteiger partial charge in [0.15, 0.2) is 17.5 Å². The van der Waals surface area contributed by atoms with Crippen molar-refractivity contribution in [3.05, 3.63) is 59.7 Å². The predicted molar refractivity (Wildman–Crippen MR) is 76.7 cm³/mol. The van der Waals surface area contributed by atoms with Gasteiger partial charge in [0.05, 0.1) is 10.9 Å². The van der Waals surface area contributed by atoms with Crippen LogP contribution in [0.4, 0.5) is 23.2 Å². The molecule has 7 heteroatoms. The molecule has 2 rings (SSSR count). The molecule has 0 saturated heterocycles. The summed E-state index contributed by atoms with van der Waals surface area (Å²) in [5, 5.41) is 1.55. The zero-order valence-corrected chi connectivity index (χ0v) is 12.2. The maximum Gasteiger partial charge on any atom is 0.237 e. The molecule has 0 fully saturated rings. The molecule has 0 bridgehead atoms. The average molecular weight is 329 g/mol. The smallest absolute Gasteiger partial charge is 0.237 e. The first kappa shape index (κ1) is 16.4. The van der Waals surface area contributed by atoms with Crippen molar-refractivity contribution in [2.45, 2.75) is 17.1 Å². The van der Waals surface area contributed by atoms with Crippen molar-refractivity contribution < 1.29 is 22.4 Å². The van der Waals surface area contributed by atoms with Crippen LogP contribution < -0.4 is 5.32 Å². The maximum absolute atomic E-state index is 13.5. The number of carbonyl (C=O) groups is 1. The summed E-state index contributed by atoms with van der Waals surface area (Å²) < 4.78 is 52.2. The molecule has 0 aliphatic rings. The third kappa shape index (κ3) is 3.79. The molecule has 1 N–H and O–H groups in total. The Morgan fingerprint density at radius 3 is 2.27 bits per heavy atom. The van der Waals surface area contributed by atoms with Crippen LogP contribution in [-0.4, -0.2) is 11.2 Å². The van der Waals surface area contributed by atoms with E-state index in [1.165, 1.54) is 24.3 Å². The predicted octanol–water partition coefficient (Wildman–Crippen LogP) is 4.36. The second-order valence-electron chi connectivity index (χ2n) is 4.43. The number of anilines is 1. The number of halogens is 4. The molecule has 2 aromatic carbocycles. The Labute approximate surface area is 128 Å².